The van der Waals surface area contributed by atoms with Crippen LogP contribution in [0, 0.1) is 0 Å². The summed E-state index contributed by atoms with van der Waals surface area (Å²) in [5.41, 5.74) is -0.00385. The molecule has 0 fully saturated rings. The largest absolute Gasteiger partial charge is 0.354 e. The third-order valence-electron chi connectivity index (χ3n) is 3.03. The Morgan fingerprint density at radius 1 is 1.11 bits per heavy atom. The molecule has 0 saturated heterocycles. The minimum absolute atomic E-state index is 0.00385. The SMILES string of the molecule is CCCNc1nc(Cl)nc(NCC(C)(C)N(C)C)n1. The first-order valence-electron chi connectivity index (χ1n) is 6.42. The molecule has 0 bridgehead atoms. The lowest BCUT2D eigenvalue weighted by Gasteiger charge is -2.32. The van der Waals surface area contributed by atoms with E-state index in [1.54, 1.807) is 0 Å². The third-order valence-corrected chi connectivity index (χ3v) is 3.20. The summed E-state index contributed by atoms with van der Waals surface area (Å²) < 4.78 is 0. The molecule has 0 amide bonds. The maximum Gasteiger partial charge on any atom is 0.228 e. The lowest BCUT2D eigenvalue weighted by atomic mass is 10.1. The van der Waals surface area contributed by atoms with E-state index in [1.807, 2.05) is 14.1 Å². The maximum absolute atomic E-state index is 5.89. The van der Waals surface area contributed by atoms with Crippen molar-refractivity contribution in [3.05, 3.63) is 5.28 Å². The molecule has 2 N–H and O–H groups in total. The van der Waals surface area contributed by atoms with E-state index >= 15 is 0 Å². The molecule has 0 aliphatic rings. The van der Waals surface area contributed by atoms with Crippen molar-refractivity contribution < 1.29 is 0 Å². The zero-order valence-electron chi connectivity index (χ0n) is 12.3. The Morgan fingerprint density at radius 2 is 1.68 bits per heavy atom. The van der Waals surface area contributed by atoms with Gasteiger partial charge in [-0.05, 0) is 46.0 Å². The van der Waals surface area contributed by atoms with Crippen molar-refractivity contribution in [2.24, 2.45) is 0 Å². The molecule has 1 rings (SSSR count). The van der Waals surface area contributed by atoms with Crippen molar-refractivity contribution in [1.82, 2.24) is 19.9 Å². The van der Waals surface area contributed by atoms with Crippen LogP contribution in [0.3, 0.4) is 0 Å². The number of hydrogen-bond acceptors (Lipinski definition) is 6. The molecule has 1 aromatic heterocycles. The van der Waals surface area contributed by atoms with Crippen LogP contribution >= 0.6 is 11.6 Å². The molecule has 0 spiro atoms. The van der Waals surface area contributed by atoms with E-state index in [-0.39, 0.29) is 10.8 Å². The number of rotatable bonds is 7. The monoisotopic (exact) mass is 286 g/mol. The first kappa shape index (κ1) is 15.9. The van der Waals surface area contributed by atoms with Gasteiger partial charge in [0.2, 0.25) is 17.2 Å². The average molecular weight is 287 g/mol. The second kappa shape index (κ2) is 6.86. The average Bonchev–Trinajstić information content (AvgIpc) is 2.33. The minimum atomic E-state index is -0.00385. The summed E-state index contributed by atoms with van der Waals surface area (Å²) >= 11 is 5.89. The molecule has 108 valence electrons. The predicted molar refractivity (Wildman–Crippen MR) is 79.9 cm³/mol. The number of aromatic nitrogens is 3. The van der Waals surface area contributed by atoms with Gasteiger partial charge in [0.1, 0.15) is 0 Å². The van der Waals surface area contributed by atoms with Crippen LogP contribution in [0.5, 0.6) is 0 Å². The van der Waals surface area contributed by atoms with Gasteiger partial charge in [-0.3, -0.25) is 0 Å². The van der Waals surface area contributed by atoms with Crippen LogP contribution in [0.4, 0.5) is 11.9 Å². The minimum Gasteiger partial charge on any atom is -0.354 e. The normalized spacial score (nSPS) is 11.7. The number of anilines is 2. The van der Waals surface area contributed by atoms with Gasteiger partial charge in [-0.25, -0.2) is 0 Å². The zero-order valence-corrected chi connectivity index (χ0v) is 13.0. The molecule has 1 heterocycles. The molecule has 0 aliphatic heterocycles. The van der Waals surface area contributed by atoms with Crippen LogP contribution in [0.25, 0.3) is 0 Å². The standard InChI is InChI=1S/C12H23ClN6/c1-6-7-14-10-16-9(13)17-11(18-10)15-8-12(2,3)19(4)5/h6-8H2,1-5H3,(H2,14,15,16,17,18). The Hall–Kier alpha value is -1.14. The Bertz CT molecular complexity index is 407. The van der Waals surface area contributed by atoms with E-state index < -0.39 is 0 Å². The summed E-state index contributed by atoms with van der Waals surface area (Å²) in [6, 6.07) is 0. The van der Waals surface area contributed by atoms with E-state index in [4.69, 9.17) is 11.6 Å². The van der Waals surface area contributed by atoms with Crippen LogP contribution in [-0.4, -0.2) is 52.6 Å². The van der Waals surface area contributed by atoms with Gasteiger partial charge in [0.15, 0.2) is 0 Å². The van der Waals surface area contributed by atoms with Gasteiger partial charge in [-0.1, -0.05) is 6.92 Å². The number of nitrogens with zero attached hydrogens (tertiary/aromatic N) is 4. The fourth-order valence-electron chi connectivity index (χ4n) is 1.20. The van der Waals surface area contributed by atoms with Crippen LogP contribution < -0.4 is 10.6 Å². The highest BCUT2D eigenvalue weighted by Crippen LogP contribution is 2.13. The molecular formula is C12H23ClN6. The number of likely N-dealkylation sites (N-methyl/N-ethyl adjacent to an activating group) is 1. The highest BCUT2D eigenvalue weighted by Gasteiger charge is 2.20. The molecule has 0 saturated carbocycles. The fourth-order valence-corrected chi connectivity index (χ4v) is 1.36. The first-order valence-corrected chi connectivity index (χ1v) is 6.79. The smallest absolute Gasteiger partial charge is 0.228 e. The van der Waals surface area contributed by atoms with Crippen LogP contribution in [-0.2, 0) is 0 Å². The van der Waals surface area contributed by atoms with Crippen molar-refractivity contribution in [2.75, 3.05) is 37.8 Å². The van der Waals surface area contributed by atoms with Crippen LogP contribution in [0.15, 0.2) is 0 Å². The van der Waals surface area contributed by atoms with E-state index in [2.05, 4.69) is 51.3 Å². The van der Waals surface area contributed by atoms with Gasteiger partial charge in [-0.2, -0.15) is 15.0 Å². The summed E-state index contributed by atoms with van der Waals surface area (Å²) in [6.45, 7) is 7.88. The van der Waals surface area contributed by atoms with E-state index in [9.17, 15) is 0 Å². The van der Waals surface area contributed by atoms with Crippen molar-refractivity contribution >= 4 is 23.5 Å². The number of hydrogen-bond donors (Lipinski definition) is 2. The molecule has 0 atom stereocenters. The van der Waals surface area contributed by atoms with Crippen LogP contribution in [0.2, 0.25) is 5.28 Å². The van der Waals surface area contributed by atoms with Gasteiger partial charge >= 0.3 is 0 Å². The van der Waals surface area contributed by atoms with Crippen molar-refractivity contribution in [1.29, 1.82) is 0 Å². The Labute approximate surface area is 120 Å². The molecule has 0 aromatic carbocycles. The molecule has 0 radical (unpaired) electrons. The molecule has 0 unspecified atom stereocenters. The second-order valence-corrected chi connectivity index (χ2v) is 5.58. The fraction of sp³-hybridized carbons (Fsp3) is 0.750. The lowest BCUT2D eigenvalue weighted by molar-refractivity contribution is 0.209. The number of nitrogens with one attached hydrogen (secondary N) is 2. The summed E-state index contributed by atoms with van der Waals surface area (Å²) in [5, 5.41) is 6.49. The van der Waals surface area contributed by atoms with Crippen LogP contribution in [0.1, 0.15) is 27.2 Å². The van der Waals surface area contributed by atoms with E-state index in [0.29, 0.717) is 18.4 Å². The summed E-state index contributed by atoms with van der Waals surface area (Å²) in [4.78, 5) is 14.5. The Kier molecular flexibility index (Phi) is 5.75. The topological polar surface area (TPSA) is 66.0 Å². The van der Waals surface area contributed by atoms with Gasteiger partial charge in [0.25, 0.3) is 0 Å². The van der Waals surface area contributed by atoms with Gasteiger partial charge in [0, 0.05) is 18.6 Å². The zero-order chi connectivity index (χ0) is 14.5. The molecule has 6 nitrogen and oxygen atoms in total. The molecule has 1 aromatic rings. The van der Waals surface area contributed by atoms with E-state index in [1.165, 1.54) is 0 Å². The third kappa shape index (κ3) is 5.16. The summed E-state index contributed by atoms with van der Waals surface area (Å²) in [7, 11) is 4.08. The lowest BCUT2D eigenvalue weighted by Crippen LogP contribution is -2.44. The number of halogens is 1. The van der Waals surface area contributed by atoms with Gasteiger partial charge in [0.05, 0.1) is 0 Å². The molecule has 19 heavy (non-hydrogen) atoms. The van der Waals surface area contributed by atoms with Gasteiger partial charge < -0.3 is 15.5 Å². The highest BCUT2D eigenvalue weighted by atomic mass is 35.5. The maximum atomic E-state index is 5.89. The molecule has 0 aliphatic carbocycles. The van der Waals surface area contributed by atoms with Crippen molar-refractivity contribution in [3.63, 3.8) is 0 Å². The van der Waals surface area contributed by atoms with Gasteiger partial charge in [-0.15, -0.1) is 0 Å². The first-order chi connectivity index (χ1) is 8.85. The predicted octanol–water partition coefficient (Wildman–Crippen LogP) is 2.10. The highest BCUT2D eigenvalue weighted by molar-refractivity contribution is 6.28. The molecular weight excluding hydrogens is 264 g/mol. The van der Waals surface area contributed by atoms with Crippen molar-refractivity contribution in [2.45, 2.75) is 32.7 Å². The summed E-state index contributed by atoms with van der Waals surface area (Å²) in [6.07, 6.45) is 1.000. The molecule has 7 heteroatoms. The van der Waals surface area contributed by atoms with Crippen molar-refractivity contribution in [3.8, 4) is 0 Å². The van der Waals surface area contributed by atoms with E-state index in [0.717, 1.165) is 13.0 Å². The second-order valence-electron chi connectivity index (χ2n) is 5.24. The Morgan fingerprint density at radius 3 is 2.21 bits per heavy atom. The quantitative estimate of drug-likeness (QED) is 0.800. The Balaban J connectivity index is 2.70. The summed E-state index contributed by atoms with van der Waals surface area (Å²) in [5.74, 6) is 1.00.